The zero-order valence-electron chi connectivity index (χ0n) is 18.3. The van der Waals surface area contributed by atoms with Crippen LogP contribution in [0, 0.1) is 25.2 Å². The Morgan fingerprint density at radius 1 is 1.21 bits per heavy atom. The van der Waals surface area contributed by atoms with Crippen molar-refractivity contribution in [1.82, 2.24) is 9.55 Å². The summed E-state index contributed by atoms with van der Waals surface area (Å²) in [7, 11) is 1.60. The topological polar surface area (TPSA) is 106 Å². The number of aryl methyl sites for hydroxylation is 1. The summed E-state index contributed by atoms with van der Waals surface area (Å²) >= 11 is 5.75. The lowest BCUT2D eigenvalue weighted by atomic mass is 10.1. The fourth-order valence-corrected chi connectivity index (χ4v) is 3.30. The zero-order chi connectivity index (χ0) is 24.0. The van der Waals surface area contributed by atoms with Gasteiger partial charge in [0.1, 0.15) is 23.2 Å². The first-order valence-electron chi connectivity index (χ1n) is 9.86. The second-order valence-corrected chi connectivity index (χ2v) is 7.45. The van der Waals surface area contributed by atoms with Gasteiger partial charge in [-0.25, -0.2) is 9.78 Å². The average Bonchev–Trinajstić information content (AvgIpc) is 3.10. The van der Waals surface area contributed by atoms with Gasteiger partial charge in [-0.3, -0.25) is 4.79 Å². The minimum absolute atomic E-state index is 0.220. The van der Waals surface area contributed by atoms with E-state index in [9.17, 15) is 14.9 Å². The van der Waals surface area contributed by atoms with Crippen LogP contribution < -0.4 is 10.1 Å². The molecule has 2 aromatic heterocycles. The molecular formula is C24H21ClN4O4. The van der Waals surface area contributed by atoms with Crippen molar-refractivity contribution in [3.63, 3.8) is 0 Å². The monoisotopic (exact) mass is 464 g/mol. The molecule has 3 aromatic rings. The van der Waals surface area contributed by atoms with Gasteiger partial charge in [-0.05, 0) is 68.0 Å². The number of nitrogens with one attached hydrogen (secondary N) is 1. The number of nitriles is 1. The van der Waals surface area contributed by atoms with Crippen molar-refractivity contribution in [1.29, 1.82) is 5.26 Å². The smallest absolute Gasteiger partial charge is 0.349 e. The summed E-state index contributed by atoms with van der Waals surface area (Å²) in [6, 6.07) is 14.3. The number of anilines is 1. The van der Waals surface area contributed by atoms with E-state index in [2.05, 4.69) is 10.3 Å². The molecule has 0 saturated carbocycles. The molecule has 1 aromatic carbocycles. The largest absolute Gasteiger partial charge is 0.497 e. The van der Waals surface area contributed by atoms with Crippen LogP contribution in [0.15, 0.2) is 54.2 Å². The molecule has 1 N–H and O–H groups in total. The Morgan fingerprint density at radius 3 is 2.55 bits per heavy atom. The summed E-state index contributed by atoms with van der Waals surface area (Å²) in [5.41, 5.74) is 3.14. The normalized spacial score (nSPS) is 10.9. The number of rotatable bonds is 7. The molecule has 2 heterocycles. The number of nitrogens with zero attached hydrogens (tertiary/aromatic N) is 3. The number of hydrogen-bond donors (Lipinski definition) is 1. The number of methoxy groups -OCH3 is 1. The molecular weight excluding hydrogens is 444 g/mol. The van der Waals surface area contributed by atoms with Gasteiger partial charge in [0.15, 0.2) is 6.61 Å². The zero-order valence-corrected chi connectivity index (χ0v) is 19.0. The molecule has 3 rings (SSSR count). The lowest BCUT2D eigenvalue weighted by Gasteiger charge is -2.10. The van der Waals surface area contributed by atoms with E-state index in [0.717, 1.165) is 22.8 Å². The number of esters is 1. The summed E-state index contributed by atoms with van der Waals surface area (Å²) in [5, 5.41) is 12.4. The molecule has 0 aliphatic rings. The number of pyridine rings is 1. The van der Waals surface area contributed by atoms with Crippen LogP contribution in [0.5, 0.6) is 5.75 Å². The first-order chi connectivity index (χ1) is 15.8. The maximum absolute atomic E-state index is 12.4. The van der Waals surface area contributed by atoms with E-state index in [1.807, 2.05) is 54.8 Å². The third kappa shape index (κ3) is 5.79. The number of carbonyl (C=O) groups excluding carboxylic acids is 2. The van der Waals surface area contributed by atoms with Gasteiger partial charge < -0.3 is 19.4 Å². The minimum Gasteiger partial charge on any atom is -0.497 e. The highest BCUT2D eigenvalue weighted by atomic mass is 35.5. The molecule has 0 saturated heterocycles. The molecule has 0 radical (unpaired) electrons. The van der Waals surface area contributed by atoms with Gasteiger partial charge in [0.05, 0.1) is 12.1 Å². The maximum atomic E-state index is 12.4. The predicted molar refractivity (Wildman–Crippen MR) is 124 cm³/mol. The van der Waals surface area contributed by atoms with Crippen molar-refractivity contribution in [3.05, 3.63) is 76.2 Å². The van der Waals surface area contributed by atoms with Crippen LogP contribution in [0.25, 0.3) is 11.8 Å². The number of hydrogen-bond acceptors (Lipinski definition) is 6. The van der Waals surface area contributed by atoms with Gasteiger partial charge >= 0.3 is 5.97 Å². The third-order valence-electron chi connectivity index (χ3n) is 4.77. The number of aromatic nitrogens is 2. The first-order valence-corrected chi connectivity index (χ1v) is 10.2. The average molecular weight is 465 g/mol. The Labute approximate surface area is 196 Å². The predicted octanol–water partition coefficient (Wildman–Crippen LogP) is 4.24. The van der Waals surface area contributed by atoms with E-state index in [1.54, 1.807) is 13.2 Å². The Morgan fingerprint density at radius 2 is 1.94 bits per heavy atom. The molecule has 0 aliphatic heterocycles. The van der Waals surface area contributed by atoms with Crippen molar-refractivity contribution < 1.29 is 19.1 Å². The van der Waals surface area contributed by atoms with Gasteiger partial charge in [-0.2, -0.15) is 5.26 Å². The van der Waals surface area contributed by atoms with E-state index in [1.165, 1.54) is 18.3 Å². The highest BCUT2D eigenvalue weighted by molar-refractivity contribution is 6.30. The summed E-state index contributed by atoms with van der Waals surface area (Å²) in [5.74, 6) is -0.478. The first kappa shape index (κ1) is 23.6. The van der Waals surface area contributed by atoms with Crippen molar-refractivity contribution >= 4 is 35.4 Å². The van der Waals surface area contributed by atoms with Crippen LogP contribution in [0.1, 0.15) is 17.0 Å². The SMILES string of the molecule is COc1ccc(-n2c(C)cc(/C=C(\C#N)C(=O)OCC(=O)Nc3ccc(Cl)cn3)c2C)cc1. The quantitative estimate of drug-likeness (QED) is 0.318. The van der Waals surface area contributed by atoms with Gasteiger partial charge in [-0.15, -0.1) is 0 Å². The number of amides is 1. The maximum Gasteiger partial charge on any atom is 0.349 e. The van der Waals surface area contributed by atoms with Gasteiger partial charge in [0.2, 0.25) is 0 Å². The molecule has 0 spiro atoms. The van der Waals surface area contributed by atoms with E-state index in [4.69, 9.17) is 21.1 Å². The standard InChI is InChI=1S/C24H21ClN4O4/c1-15-10-17(16(2)29(15)20-5-7-21(32-3)8-6-20)11-18(12-26)24(31)33-14-23(30)28-22-9-4-19(25)13-27-22/h4-11,13H,14H2,1-3H3,(H,27,28,30)/b18-11+. The van der Waals surface area contributed by atoms with Crippen molar-refractivity contribution in [2.75, 3.05) is 19.0 Å². The van der Waals surface area contributed by atoms with Gasteiger partial charge in [0, 0.05) is 23.3 Å². The molecule has 0 aliphatic carbocycles. The van der Waals surface area contributed by atoms with E-state index in [-0.39, 0.29) is 11.4 Å². The lowest BCUT2D eigenvalue weighted by molar-refractivity contribution is -0.142. The van der Waals surface area contributed by atoms with Crippen molar-refractivity contribution in [2.45, 2.75) is 13.8 Å². The third-order valence-corrected chi connectivity index (χ3v) is 4.99. The molecule has 1 amide bonds. The van der Waals surface area contributed by atoms with Crippen LogP contribution in [0.3, 0.4) is 0 Å². The van der Waals surface area contributed by atoms with E-state index < -0.39 is 18.5 Å². The van der Waals surface area contributed by atoms with Crippen LogP contribution in [0.4, 0.5) is 5.82 Å². The van der Waals surface area contributed by atoms with Crippen LogP contribution >= 0.6 is 11.6 Å². The Bertz CT molecular complexity index is 1240. The Balaban J connectivity index is 1.71. The molecule has 8 nitrogen and oxygen atoms in total. The van der Waals surface area contributed by atoms with Crippen LogP contribution in [-0.2, 0) is 14.3 Å². The molecule has 0 unspecified atom stereocenters. The van der Waals surface area contributed by atoms with Crippen LogP contribution in [-0.4, -0.2) is 35.1 Å². The molecule has 33 heavy (non-hydrogen) atoms. The lowest BCUT2D eigenvalue weighted by Crippen LogP contribution is -2.21. The number of carbonyl (C=O) groups is 2. The molecule has 9 heteroatoms. The van der Waals surface area contributed by atoms with Gasteiger partial charge in [-0.1, -0.05) is 11.6 Å². The second-order valence-electron chi connectivity index (χ2n) is 7.02. The Hall–Kier alpha value is -4.09. The number of halogens is 1. The fourth-order valence-electron chi connectivity index (χ4n) is 3.19. The van der Waals surface area contributed by atoms with E-state index in [0.29, 0.717) is 10.6 Å². The fraction of sp³-hybridized carbons (Fsp3) is 0.167. The van der Waals surface area contributed by atoms with Crippen molar-refractivity contribution in [2.24, 2.45) is 0 Å². The highest BCUT2D eigenvalue weighted by Gasteiger charge is 2.16. The molecule has 0 fully saturated rings. The molecule has 0 atom stereocenters. The second kappa shape index (κ2) is 10.5. The van der Waals surface area contributed by atoms with Crippen molar-refractivity contribution in [3.8, 4) is 17.5 Å². The summed E-state index contributed by atoms with van der Waals surface area (Å²) in [6.45, 7) is 3.25. The summed E-state index contributed by atoms with van der Waals surface area (Å²) in [6.07, 6.45) is 2.82. The number of benzene rings is 1. The van der Waals surface area contributed by atoms with Crippen LogP contribution in [0.2, 0.25) is 5.02 Å². The minimum atomic E-state index is -0.897. The van der Waals surface area contributed by atoms with Gasteiger partial charge in [0.25, 0.3) is 5.91 Å². The summed E-state index contributed by atoms with van der Waals surface area (Å²) < 4.78 is 12.2. The molecule has 168 valence electrons. The number of ether oxygens (including phenoxy) is 2. The Kier molecular flexibility index (Phi) is 7.49. The summed E-state index contributed by atoms with van der Waals surface area (Å²) in [4.78, 5) is 28.3. The van der Waals surface area contributed by atoms with E-state index >= 15 is 0 Å². The highest BCUT2D eigenvalue weighted by Crippen LogP contribution is 2.24. The molecule has 0 bridgehead atoms.